The first kappa shape index (κ1) is 16.4. The van der Waals surface area contributed by atoms with Crippen LogP contribution in [0.3, 0.4) is 0 Å². The lowest BCUT2D eigenvalue weighted by Gasteiger charge is -2.37. The molecule has 3 atom stereocenters. The van der Waals surface area contributed by atoms with Gasteiger partial charge in [-0.25, -0.2) is 0 Å². The maximum atomic E-state index is 12.1. The quantitative estimate of drug-likeness (QED) is 0.778. The topological polar surface area (TPSA) is 50.4 Å². The van der Waals surface area contributed by atoms with Crippen molar-refractivity contribution in [2.24, 2.45) is 0 Å². The highest BCUT2D eigenvalue weighted by Gasteiger charge is 2.30. The summed E-state index contributed by atoms with van der Waals surface area (Å²) in [6.45, 7) is 11.1. The number of rotatable bonds is 6. The van der Waals surface area contributed by atoms with E-state index in [0.29, 0.717) is 6.04 Å². The highest BCUT2D eigenvalue weighted by Crippen LogP contribution is 2.24. The molecule has 4 heteroatoms. The van der Waals surface area contributed by atoms with Crippen LogP contribution in [0.15, 0.2) is 0 Å². The molecule has 1 heterocycles. The predicted molar refractivity (Wildman–Crippen MR) is 78.2 cm³/mol. The molecule has 1 amide bonds. The molecule has 0 aliphatic carbocycles. The molecular weight excluding hydrogens is 240 g/mol. The van der Waals surface area contributed by atoms with Crippen LogP contribution >= 0.6 is 0 Å². The Bertz CT molecular complexity index is 292. The molecule has 0 saturated carbocycles. The Hall–Kier alpha value is -0.610. The standard InChI is InChI=1S/C15H30N2O2/c1-6-7-11(2)16-14(18)12(3)17-13-8-9-19-15(4,5)10-13/h11-13,17H,6-10H2,1-5H3,(H,16,18). The molecular formula is C15H30N2O2. The number of hydrogen-bond acceptors (Lipinski definition) is 3. The third kappa shape index (κ3) is 5.91. The summed E-state index contributed by atoms with van der Waals surface area (Å²) < 4.78 is 5.69. The lowest BCUT2D eigenvalue weighted by Crippen LogP contribution is -2.52. The molecule has 0 aromatic rings. The average molecular weight is 270 g/mol. The van der Waals surface area contributed by atoms with E-state index in [1.165, 1.54) is 0 Å². The van der Waals surface area contributed by atoms with Crippen molar-refractivity contribution in [2.75, 3.05) is 6.61 Å². The summed E-state index contributed by atoms with van der Waals surface area (Å²) in [4.78, 5) is 12.1. The Kier molecular flexibility index (Phi) is 6.27. The van der Waals surface area contributed by atoms with Gasteiger partial charge in [0.1, 0.15) is 0 Å². The number of amides is 1. The van der Waals surface area contributed by atoms with Crippen molar-refractivity contribution in [2.45, 2.75) is 84.0 Å². The van der Waals surface area contributed by atoms with Gasteiger partial charge in [0.2, 0.25) is 5.91 Å². The molecule has 0 radical (unpaired) electrons. The molecule has 112 valence electrons. The SMILES string of the molecule is CCCC(C)NC(=O)C(C)NC1CCOC(C)(C)C1. The fourth-order valence-electron chi connectivity index (χ4n) is 2.68. The van der Waals surface area contributed by atoms with Gasteiger partial charge in [0.05, 0.1) is 11.6 Å². The van der Waals surface area contributed by atoms with Crippen LogP contribution in [0.4, 0.5) is 0 Å². The van der Waals surface area contributed by atoms with Gasteiger partial charge in [-0.2, -0.15) is 0 Å². The van der Waals surface area contributed by atoms with Gasteiger partial charge in [-0.1, -0.05) is 13.3 Å². The minimum absolute atomic E-state index is 0.0817. The maximum Gasteiger partial charge on any atom is 0.237 e. The first-order chi connectivity index (χ1) is 8.84. The molecule has 0 bridgehead atoms. The van der Waals surface area contributed by atoms with Crippen molar-refractivity contribution >= 4 is 5.91 Å². The summed E-state index contributed by atoms with van der Waals surface area (Å²) in [5, 5.41) is 6.49. The van der Waals surface area contributed by atoms with E-state index in [0.717, 1.165) is 32.3 Å². The van der Waals surface area contributed by atoms with Gasteiger partial charge in [-0.15, -0.1) is 0 Å². The number of carbonyl (C=O) groups excluding carboxylic acids is 1. The number of nitrogens with one attached hydrogen (secondary N) is 2. The minimum atomic E-state index is -0.141. The number of ether oxygens (including phenoxy) is 1. The van der Waals surface area contributed by atoms with E-state index in [2.05, 4.69) is 38.3 Å². The zero-order valence-electron chi connectivity index (χ0n) is 13.1. The monoisotopic (exact) mass is 270 g/mol. The predicted octanol–water partition coefficient (Wildman–Crippen LogP) is 2.23. The van der Waals surface area contributed by atoms with Crippen LogP contribution < -0.4 is 10.6 Å². The number of hydrogen-bond donors (Lipinski definition) is 2. The Morgan fingerprint density at radius 2 is 2.11 bits per heavy atom. The van der Waals surface area contributed by atoms with E-state index in [9.17, 15) is 4.79 Å². The first-order valence-corrected chi connectivity index (χ1v) is 7.54. The highest BCUT2D eigenvalue weighted by atomic mass is 16.5. The highest BCUT2D eigenvalue weighted by molar-refractivity contribution is 5.81. The van der Waals surface area contributed by atoms with E-state index < -0.39 is 0 Å². The molecule has 1 aliphatic rings. The average Bonchev–Trinajstić information content (AvgIpc) is 2.27. The maximum absolute atomic E-state index is 12.1. The van der Waals surface area contributed by atoms with Crippen molar-refractivity contribution in [3.8, 4) is 0 Å². The van der Waals surface area contributed by atoms with E-state index in [4.69, 9.17) is 4.74 Å². The second kappa shape index (κ2) is 7.25. The molecule has 1 fully saturated rings. The Morgan fingerprint density at radius 1 is 1.42 bits per heavy atom. The first-order valence-electron chi connectivity index (χ1n) is 7.54. The molecule has 3 unspecified atom stereocenters. The third-order valence-corrected chi connectivity index (χ3v) is 3.69. The van der Waals surface area contributed by atoms with E-state index in [1.54, 1.807) is 0 Å². The normalized spacial score (nSPS) is 25.6. The fourth-order valence-corrected chi connectivity index (χ4v) is 2.68. The van der Waals surface area contributed by atoms with Crippen LogP contribution in [0.25, 0.3) is 0 Å². The second-order valence-corrected chi connectivity index (χ2v) is 6.38. The van der Waals surface area contributed by atoms with Crippen LogP contribution in [0.2, 0.25) is 0 Å². The van der Waals surface area contributed by atoms with Crippen LogP contribution in [-0.2, 0) is 9.53 Å². The van der Waals surface area contributed by atoms with Crippen molar-refractivity contribution in [3.63, 3.8) is 0 Å². The van der Waals surface area contributed by atoms with E-state index >= 15 is 0 Å². The largest absolute Gasteiger partial charge is 0.375 e. The second-order valence-electron chi connectivity index (χ2n) is 6.38. The van der Waals surface area contributed by atoms with E-state index in [1.807, 2.05) is 6.92 Å². The fraction of sp³-hybridized carbons (Fsp3) is 0.933. The van der Waals surface area contributed by atoms with Gasteiger partial charge in [0.25, 0.3) is 0 Å². The van der Waals surface area contributed by atoms with Gasteiger partial charge in [0.15, 0.2) is 0 Å². The van der Waals surface area contributed by atoms with Crippen molar-refractivity contribution in [1.29, 1.82) is 0 Å². The Labute approximate surface area is 117 Å². The van der Waals surface area contributed by atoms with Gasteiger partial charge >= 0.3 is 0 Å². The molecule has 4 nitrogen and oxygen atoms in total. The summed E-state index contributed by atoms with van der Waals surface area (Å²) in [5.74, 6) is 0.102. The molecule has 0 spiro atoms. The summed E-state index contributed by atoms with van der Waals surface area (Å²) >= 11 is 0. The smallest absolute Gasteiger partial charge is 0.237 e. The molecule has 1 aliphatic heterocycles. The summed E-state index contributed by atoms with van der Waals surface area (Å²) in [5.41, 5.74) is -0.0817. The van der Waals surface area contributed by atoms with Crippen LogP contribution in [0, 0.1) is 0 Å². The molecule has 2 N–H and O–H groups in total. The number of carbonyl (C=O) groups is 1. The minimum Gasteiger partial charge on any atom is -0.375 e. The zero-order valence-corrected chi connectivity index (χ0v) is 13.1. The van der Waals surface area contributed by atoms with Gasteiger partial charge < -0.3 is 15.4 Å². The molecule has 1 saturated heterocycles. The Balaban J connectivity index is 2.37. The van der Waals surface area contributed by atoms with Gasteiger partial charge in [-0.05, 0) is 47.0 Å². The summed E-state index contributed by atoms with van der Waals surface area (Å²) in [7, 11) is 0. The van der Waals surface area contributed by atoms with E-state index in [-0.39, 0.29) is 23.6 Å². The van der Waals surface area contributed by atoms with Crippen LogP contribution in [0.5, 0.6) is 0 Å². The van der Waals surface area contributed by atoms with Crippen molar-refractivity contribution < 1.29 is 9.53 Å². The van der Waals surface area contributed by atoms with Crippen molar-refractivity contribution in [1.82, 2.24) is 10.6 Å². The summed E-state index contributed by atoms with van der Waals surface area (Å²) in [6, 6.07) is 0.483. The molecule has 0 aromatic carbocycles. The summed E-state index contributed by atoms with van der Waals surface area (Å²) in [6.07, 6.45) is 4.06. The Morgan fingerprint density at radius 3 is 2.68 bits per heavy atom. The lowest BCUT2D eigenvalue weighted by atomic mass is 9.93. The van der Waals surface area contributed by atoms with Crippen LogP contribution in [0.1, 0.15) is 60.3 Å². The molecule has 19 heavy (non-hydrogen) atoms. The lowest BCUT2D eigenvalue weighted by molar-refractivity contribution is -0.124. The molecule has 1 rings (SSSR count). The van der Waals surface area contributed by atoms with Gasteiger partial charge in [-0.3, -0.25) is 4.79 Å². The van der Waals surface area contributed by atoms with Gasteiger partial charge in [0, 0.05) is 18.7 Å². The zero-order chi connectivity index (χ0) is 14.5. The molecule has 0 aromatic heterocycles. The van der Waals surface area contributed by atoms with Crippen LogP contribution in [-0.4, -0.2) is 36.2 Å². The van der Waals surface area contributed by atoms with Crippen molar-refractivity contribution in [3.05, 3.63) is 0 Å². The third-order valence-electron chi connectivity index (χ3n) is 3.69.